The molecule has 1 aliphatic rings. The highest BCUT2D eigenvalue weighted by Gasteiger charge is 2.27. The largest absolute Gasteiger partial charge is 0.482 e. The van der Waals surface area contributed by atoms with Crippen LogP contribution < -0.4 is 15.0 Å². The number of fused-ring (bicyclic) bond motifs is 1. The van der Waals surface area contributed by atoms with E-state index >= 15 is 0 Å². The number of anilines is 2. The molecule has 6 heteroatoms. The zero-order valence-corrected chi connectivity index (χ0v) is 10.2. The summed E-state index contributed by atoms with van der Waals surface area (Å²) in [5, 5.41) is 2.97. The Morgan fingerprint density at radius 3 is 3.00 bits per heavy atom. The molecule has 0 fully saturated rings. The lowest BCUT2D eigenvalue weighted by atomic mass is 10.2. The maximum Gasteiger partial charge on any atom is 0.325 e. The number of carbonyl (C=O) groups is 2. The fraction of sp³-hybridized carbons (Fsp3) is 0.333. The van der Waals surface area contributed by atoms with E-state index in [0.717, 1.165) is 5.69 Å². The molecule has 0 spiro atoms. The van der Waals surface area contributed by atoms with Gasteiger partial charge in [-0.3, -0.25) is 14.5 Å². The van der Waals surface area contributed by atoms with Crippen LogP contribution in [0.3, 0.4) is 0 Å². The van der Waals surface area contributed by atoms with E-state index in [0.29, 0.717) is 11.4 Å². The van der Waals surface area contributed by atoms with E-state index in [1.165, 1.54) is 12.0 Å². The molecule has 1 aliphatic heterocycles. The number of carbonyl (C=O) groups excluding carboxylic acids is 2. The van der Waals surface area contributed by atoms with Crippen molar-refractivity contribution in [3.63, 3.8) is 0 Å². The first-order chi connectivity index (χ1) is 8.65. The van der Waals surface area contributed by atoms with Crippen molar-refractivity contribution in [3.8, 4) is 5.75 Å². The molecule has 1 aromatic carbocycles. The van der Waals surface area contributed by atoms with Gasteiger partial charge >= 0.3 is 5.97 Å². The molecular formula is C12H14N2O4. The van der Waals surface area contributed by atoms with Crippen molar-refractivity contribution < 1.29 is 19.1 Å². The van der Waals surface area contributed by atoms with Crippen LogP contribution in [0, 0.1) is 0 Å². The van der Waals surface area contributed by atoms with Crippen LogP contribution in [0.4, 0.5) is 11.4 Å². The highest BCUT2D eigenvalue weighted by atomic mass is 16.5. The summed E-state index contributed by atoms with van der Waals surface area (Å²) in [6.45, 7) is -0.179. The number of esters is 1. The quantitative estimate of drug-likeness (QED) is 0.797. The van der Waals surface area contributed by atoms with E-state index in [-0.39, 0.29) is 19.1 Å². The summed E-state index contributed by atoms with van der Waals surface area (Å²) in [4.78, 5) is 24.5. The van der Waals surface area contributed by atoms with Crippen molar-refractivity contribution in [1.82, 2.24) is 0 Å². The van der Waals surface area contributed by atoms with Gasteiger partial charge in [0.05, 0.1) is 12.8 Å². The molecule has 0 bridgehead atoms. The van der Waals surface area contributed by atoms with Crippen LogP contribution in [0.5, 0.6) is 5.75 Å². The van der Waals surface area contributed by atoms with Gasteiger partial charge in [0.15, 0.2) is 6.61 Å². The van der Waals surface area contributed by atoms with Gasteiger partial charge in [0.25, 0.3) is 5.91 Å². The second-order valence-corrected chi connectivity index (χ2v) is 3.78. The Bertz CT molecular complexity index is 487. The Hall–Kier alpha value is -2.24. The predicted molar refractivity (Wildman–Crippen MR) is 65.9 cm³/mol. The molecule has 18 heavy (non-hydrogen) atoms. The highest BCUT2D eigenvalue weighted by Crippen LogP contribution is 2.34. The van der Waals surface area contributed by atoms with E-state index in [4.69, 9.17) is 4.74 Å². The number of nitrogens with one attached hydrogen (secondary N) is 1. The SMILES string of the molecule is CNc1ccc2c(c1)N(CC(=O)OC)C(=O)CO2. The lowest BCUT2D eigenvalue weighted by Crippen LogP contribution is -2.42. The molecule has 2 rings (SSSR count). The van der Waals surface area contributed by atoms with Crippen molar-refractivity contribution in [2.45, 2.75) is 0 Å². The third kappa shape index (κ3) is 2.22. The second kappa shape index (κ2) is 4.95. The number of hydrogen-bond acceptors (Lipinski definition) is 5. The molecule has 0 aliphatic carbocycles. The maximum atomic E-state index is 11.8. The highest BCUT2D eigenvalue weighted by molar-refractivity contribution is 6.01. The van der Waals surface area contributed by atoms with E-state index in [1.54, 1.807) is 19.2 Å². The van der Waals surface area contributed by atoms with E-state index in [1.807, 2.05) is 6.07 Å². The Labute approximate surface area is 104 Å². The van der Waals surface area contributed by atoms with Gasteiger partial charge in [0.2, 0.25) is 0 Å². The van der Waals surface area contributed by atoms with Crippen molar-refractivity contribution in [2.75, 3.05) is 37.5 Å². The number of rotatable bonds is 3. The lowest BCUT2D eigenvalue weighted by molar-refractivity contribution is -0.140. The molecule has 0 atom stereocenters. The molecule has 0 aromatic heterocycles. The molecule has 96 valence electrons. The molecule has 0 unspecified atom stereocenters. The Balaban J connectivity index is 2.35. The Morgan fingerprint density at radius 1 is 1.56 bits per heavy atom. The zero-order valence-electron chi connectivity index (χ0n) is 10.2. The molecule has 1 heterocycles. The summed E-state index contributed by atoms with van der Waals surface area (Å²) in [6.07, 6.45) is 0. The van der Waals surface area contributed by atoms with Crippen LogP contribution in [0.15, 0.2) is 18.2 Å². The van der Waals surface area contributed by atoms with Crippen molar-refractivity contribution in [3.05, 3.63) is 18.2 Å². The normalized spacial score (nSPS) is 13.7. The number of ether oxygens (including phenoxy) is 2. The van der Waals surface area contributed by atoms with Crippen LogP contribution in [0.1, 0.15) is 0 Å². The maximum absolute atomic E-state index is 11.8. The molecule has 0 radical (unpaired) electrons. The van der Waals surface area contributed by atoms with Gasteiger partial charge in [-0.05, 0) is 18.2 Å². The van der Waals surface area contributed by atoms with Gasteiger partial charge in [-0.25, -0.2) is 0 Å². The predicted octanol–water partition coefficient (Wildman–Crippen LogP) is 0.627. The molecule has 6 nitrogen and oxygen atoms in total. The summed E-state index contributed by atoms with van der Waals surface area (Å²) < 4.78 is 9.89. The number of amides is 1. The van der Waals surface area contributed by atoms with Gasteiger partial charge in [0.1, 0.15) is 12.3 Å². The summed E-state index contributed by atoms with van der Waals surface area (Å²) in [5.74, 6) is -0.148. The van der Waals surface area contributed by atoms with Gasteiger partial charge < -0.3 is 14.8 Å². The minimum Gasteiger partial charge on any atom is -0.482 e. The lowest BCUT2D eigenvalue weighted by Gasteiger charge is -2.28. The van der Waals surface area contributed by atoms with Crippen molar-refractivity contribution in [2.24, 2.45) is 0 Å². The third-order valence-corrected chi connectivity index (χ3v) is 2.71. The number of hydrogen-bond donors (Lipinski definition) is 1. The third-order valence-electron chi connectivity index (χ3n) is 2.71. The smallest absolute Gasteiger partial charge is 0.325 e. The molecule has 1 amide bonds. The van der Waals surface area contributed by atoms with E-state index < -0.39 is 5.97 Å². The molecule has 0 saturated carbocycles. The topological polar surface area (TPSA) is 67.9 Å². The van der Waals surface area contributed by atoms with E-state index in [2.05, 4.69) is 10.1 Å². The zero-order chi connectivity index (χ0) is 13.1. The summed E-state index contributed by atoms with van der Waals surface area (Å²) in [6, 6.07) is 5.36. The first-order valence-corrected chi connectivity index (χ1v) is 5.47. The summed E-state index contributed by atoms with van der Waals surface area (Å²) in [7, 11) is 3.07. The second-order valence-electron chi connectivity index (χ2n) is 3.78. The monoisotopic (exact) mass is 250 g/mol. The fourth-order valence-corrected chi connectivity index (χ4v) is 1.72. The van der Waals surface area contributed by atoms with Crippen LogP contribution in [0.2, 0.25) is 0 Å². The van der Waals surface area contributed by atoms with Gasteiger partial charge in [-0.15, -0.1) is 0 Å². The van der Waals surface area contributed by atoms with Gasteiger partial charge in [0, 0.05) is 12.7 Å². The van der Waals surface area contributed by atoms with Crippen LogP contribution in [-0.4, -0.2) is 39.2 Å². The summed E-state index contributed by atoms with van der Waals surface area (Å²) in [5.41, 5.74) is 1.41. The minimum atomic E-state index is -0.467. The number of methoxy groups -OCH3 is 1. The van der Waals surface area contributed by atoms with Crippen LogP contribution in [0.25, 0.3) is 0 Å². The average molecular weight is 250 g/mol. The fourth-order valence-electron chi connectivity index (χ4n) is 1.72. The average Bonchev–Trinajstić information content (AvgIpc) is 2.41. The van der Waals surface area contributed by atoms with Crippen molar-refractivity contribution >= 4 is 23.3 Å². The Morgan fingerprint density at radius 2 is 2.33 bits per heavy atom. The van der Waals surface area contributed by atoms with Crippen LogP contribution >= 0.6 is 0 Å². The standard InChI is InChI=1S/C12H14N2O4/c1-13-8-3-4-10-9(5-8)14(6-12(16)17-2)11(15)7-18-10/h3-5,13H,6-7H2,1-2H3. The minimum absolute atomic E-state index is 0.0666. The van der Waals surface area contributed by atoms with Crippen LogP contribution in [-0.2, 0) is 14.3 Å². The first-order valence-electron chi connectivity index (χ1n) is 5.47. The van der Waals surface area contributed by atoms with Gasteiger partial charge in [-0.2, -0.15) is 0 Å². The number of nitrogens with zero attached hydrogens (tertiary/aromatic N) is 1. The summed E-state index contributed by atoms with van der Waals surface area (Å²) >= 11 is 0. The molecule has 0 saturated heterocycles. The first kappa shape index (κ1) is 12.2. The Kier molecular flexibility index (Phi) is 3.36. The van der Waals surface area contributed by atoms with Gasteiger partial charge in [-0.1, -0.05) is 0 Å². The van der Waals surface area contributed by atoms with E-state index in [9.17, 15) is 9.59 Å². The molecule has 1 aromatic rings. The molecular weight excluding hydrogens is 236 g/mol. The van der Waals surface area contributed by atoms with Crippen molar-refractivity contribution in [1.29, 1.82) is 0 Å². The molecule has 1 N–H and O–H groups in total. The number of benzene rings is 1.